The highest BCUT2D eigenvalue weighted by molar-refractivity contribution is 7.99. The molecule has 4 aromatic rings. The van der Waals surface area contributed by atoms with Gasteiger partial charge >= 0.3 is 5.69 Å². The predicted molar refractivity (Wildman–Crippen MR) is 188 cm³/mol. The van der Waals surface area contributed by atoms with Crippen LogP contribution >= 0.6 is 34.7 Å². The molecule has 11 nitrogen and oxygen atoms in total. The number of aliphatic imine (C=N–C) groups is 2. The van der Waals surface area contributed by atoms with E-state index in [9.17, 15) is 14.9 Å². The molecular weight excluding hydrogens is 675 g/mol. The Morgan fingerprint density at radius 1 is 1.25 bits per heavy atom. The molecule has 2 fully saturated rings. The number of methoxy groups -OCH3 is 1. The number of nitriles is 1. The molecule has 0 spiro atoms. The van der Waals surface area contributed by atoms with Crippen LogP contribution in [-0.2, 0) is 16.1 Å². The lowest BCUT2D eigenvalue weighted by Crippen LogP contribution is -2.43. The first-order valence-electron chi connectivity index (χ1n) is 15.8. The normalized spacial score (nSPS) is 18.3. The maximum Gasteiger partial charge on any atom is 0.350 e. The maximum absolute atomic E-state index is 15.1. The highest BCUT2D eigenvalue weighted by Crippen LogP contribution is 2.50. The fraction of sp³-hybridized carbons (Fsp3) is 0.424. The first-order valence-corrected chi connectivity index (χ1v) is 17.9. The third-order valence-corrected chi connectivity index (χ3v) is 11.8. The van der Waals surface area contributed by atoms with Crippen LogP contribution in [0.3, 0.4) is 0 Å². The van der Waals surface area contributed by atoms with Crippen LogP contribution in [0.5, 0.6) is 0 Å². The summed E-state index contributed by atoms with van der Waals surface area (Å²) in [6.45, 7) is 3.15. The van der Waals surface area contributed by atoms with Crippen LogP contribution in [0.2, 0.25) is 5.02 Å². The number of aromatic nitrogens is 2. The number of halogens is 2. The molecule has 2 N–H and O–H groups in total. The van der Waals surface area contributed by atoms with Crippen molar-refractivity contribution in [3.8, 4) is 17.2 Å². The van der Waals surface area contributed by atoms with E-state index < -0.39 is 11.5 Å². The topological polar surface area (TPSA) is 142 Å². The van der Waals surface area contributed by atoms with Crippen molar-refractivity contribution in [2.24, 2.45) is 9.98 Å². The minimum Gasteiger partial charge on any atom is -0.389 e. The summed E-state index contributed by atoms with van der Waals surface area (Å²) in [6.07, 6.45) is 2.72. The van der Waals surface area contributed by atoms with Crippen molar-refractivity contribution in [2.45, 2.75) is 49.2 Å². The molecule has 5 heterocycles. The maximum atomic E-state index is 15.1. The predicted octanol–water partition coefficient (Wildman–Crippen LogP) is 5.41. The van der Waals surface area contributed by atoms with Crippen molar-refractivity contribution in [1.82, 2.24) is 14.5 Å². The Balaban J connectivity index is 1.38. The average Bonchev–Trinajstić information content (AvgIpc) is 3.60. The third kappa shape index (κ3) is 5.73. The van der Waals surface area contributed by atoms with Gasteiger partial charge < -0.3 is 20.3 Å². The summed E-state index contributed by atoms with van der Waals surface area (Å²) in [5.74, 6) is 0.643. The molecule has 1 unspecified atom stereocenters. The largest absolute Gasteiger partial charge is 0.389 e. The zero-order valence-electron chi connectivity index (χ0n) is 26.2. The summed E-state index contributed by atoms with van der Waals surface area (Å²) < 4.78 is 22.0. The van der Waals surface area contributed by atoms with E-state index in [0.29, 0.717) is 83.2 Å². The van der Waals surface area contributed by atoms with Gasteiger partial charge in [0.1, 0.15) is 22.7 Å². The van der Waals surface area contributed by atoms with Gasteiger partial charge in [0, 0.05) is 66.7 Å². The molecule has 2 aromatic heterocycles. The molecule has 48 heavy (non-hydrogen) atoms. The second kappa shape index (κ2) is 13.5. The van der Waals surface area contributed by atoms with Gasteiger partial charge in [0.15, 0.2) is 0 Å². The van der Waals surface area contributed by atoms with Gasteiger partial charge in [-0.25, -0.2) is 19.2 Å². The first-order chi connectivity index (χ1) is 23.3. The number of amides is 1. The van der Waals surface area contributed by atoms with E-state index in [1.54, 1.807) is 17.7 Å². The van der Waals surface area contributed by atoms with Crippen LogP contribution in [-0.4, -0.2) is 84.1 Å². The Morgan fingerprint density at radius 2 is 2.06 bits per heavy atom. The number of carbonyl (C=O) groups is 1. The van der Waals surface area contributed by atoms with Crippen LogP contribution in [0.25, 0.3) is 32.1 Å². The minimum absolute atomic E-state index is 0.0505. The molecule has 2 aromatic carbocycles. The van der Waals surface area contributed by atoms with Gasteiger partial charge in [-0.1, -0.05) is 17.7 Å². The highest BCUT2D eigenvalue weighted by atomic mass is 35.5. The number of likely N-dealkylation sites (tertiary alicyclic amines) is 1. The summed E-state index contributed by atoms with van der Waals surface area (Å²) >= 11 is 9.73. The zero-order chi connectivity index (χ0) is 33.5. The first kappa shape index (κ1) is 32.6. The van der Waals surface area contributed by atoms with E-state index in [0.717, 1.165) is 35.5 Å². The number of ether oxygens (including phenoxy) is 1. The molecule has 3 aliphatic heterocycles. The summed E-state index contributed by atoms with van der Waals surface area (Å²) in [6, 6.07) is 9.55. The van der Waals surface area contributed by atoms with Crippen molar-refractivity contribution >= 4 is 78.4 Å². The summed E-state index contributed by atoms with van der Waals surface area (Å²) in [5, 5.41) is 11.7. The fourth-order valence-electron chi connectivity index (χ4n) is 6.88. The number of carbonyl (C=O) groups excluding carboxylic acids is 1. The number of piperidine rings is 1. The van der Waals surface area contributed by atoms with Gasteiger partial charge in [-0.15, -0.1) is 23.1 Å². The molecule has 7 rings (SSSR count). The number of nitrogens with zero attached hydrogens (tertiary/aromatic N) is 7. The minimum atomic E-state index is -0.479. The van der Waals surface area contributed by atoms with E-state index in [-0.39, 0.29) is 39.8 Å². The molecule has 1 atom stereocenters. The van der Waals surface area contributed by atoms with Crippen LogP contribution in [0.15, 0.2) is 37.9 Å². The van der Waals surface area contributed by atoms with Crippen LogP contribution in [0.1, 0.15) is 31.2 Å². The Kier molecular flexibility index (Phi) is 9.15. The number of nitrogens with two attached hydrogens (primary N) is 1. The monoisotopic (exact) mass is 706 g/mol. The van der Waals surface area contributed by atoms with Crippen LogP contribution in [0.4, 0.5) is 15.2 Å². The van der Waals surface area contributed by atoms with Crippen molar-refractivity contribution in [2.75, 3.05) is 56.3 Å². The number of thiophene rings is 1. The standard InChI is InChI=1S/C33H32ClFN8O3S2/c1-46-12-8-38-17-39-18-6-10-41(11-7-18)32-21-13-23(34)27(20-4-5-24(35)29-26(20)22(14-36)31(37)48-29)30-28(21)43(33(45)40-32)15-19(16-47-30)42-9-2-3-25(42)44/h4-5,13,18-19H,2-3,6-12,15-16,37H2,1H3. The smallest absolute Gasteiger partial charge is 0.350 e. The van der Waals surface area contributed by atoms with E-state index >= 15 is 4.39 Å². The lowest BCUT2D eigenvalue weighted by atomic mass is 9.97. The number of rotatable bonds is 7. The highest BCUT2D eigenvalue weighted by Gasteiger charge is 2.34. The van der Waals surface area contributed by atoms with Crippen molar-refractivity contribution in [3.63, 3.8) is 0 Å². The lowest BCUT2D eigenvalue weighted by molar-refractivity contribution is -0.129. The van der Waals surface area contributed by atoms with Crippen molar-refractivity contribution < 1.29 is 13.9 Å². The molecule has 2 saturated heterocycles. The van der Waals surface area contributed by atoms with Gasteiger partial charge in [0.2, 0.25) is 5.91 Å². The molecule has 0 saturated carbocycles. The molecule has 15 heteroatoms. The molecular formula is C33H32ClFN8O3S2. The van der Waals surface area contributed by atoms with Crippen LogP contribution in [0, 0.1) is 17.1 Å². The molecule has 0 bridgehead atoms. The fourth-order valence-corrected chi connectivity index (χ4v) is 9.55. The Labute approximate surface area is 288 Å². The molecule has 248 valence electrons. The van der Waals surface area contributed by atoms with E-state index in [2.05, 4.69) is 31.9 Å². The Bertz CT molecular complexity index is 2110. The molecule has 0 aliphatic carbocycles. The molecule has 1 amide bonds. The zero-order valence-corrected chi connectivity index (χ0v) is 28.6. The van der Waals surface area contributed by atoms with E-state index in [1.165, 1.54) is 17.8 Å². The SMILES string of the molecule is COCCN=C=NC1CCN(c2nc(=O)n3c4c(c(-c5ccc(F)c6sc(N)c(C#N)c56)c(Cl)cc24)SCC(N2CCCC2=O)C3)CC1. The lowest BCUT2D eigenvalue weighted by Gasteiger charge is -2.32. The van der Waals surface area contributed by atoms with E-state index in [4.69, 9.17) is 22.1 Å². The molecule has 0 radical (unpaired) electrons. The van der Waals surface area contributed by atoms with Gasteiger partial charge in [0.25, 0.3) is 0 Å². The quantitative estimate of drug-likeness (QED) is 0.199. The number of benzene rings is 2. The number of thioether (sulfide) groups is 1. The Hall–Kier alpha value is -3.99. The van der Waals surface area contributed by atoms with Gasteiger partial charge in [-0.3, -0.25) is 9.36 Å². The third-order valence-electron chi connectivity index (χ3n) is 9.20. The van der Waals surface area contributed by atoms with Crippen molar-refractivity contribution in [1.29, 1.82) is 5.26 Å². The van der Waals surface area contributed by atoms with Crippen LogP contribution < -0.4 is 16.3 Å². The summed E-state index contributed by atoms with van der Waals surface area (Å²) in [4.78, 5) is 44.8. The van der Waals surface area contributed by atoms with Gasteiger partial charge in [-0.2, -0.15) is 10.2 Å². The molecule has 3 aliphatic rings. The second-order valence-corrected chi connectivity index (χ2v) is 14.5. The van der Waals surface area contributed by atoms with E-state index in [1.807, 2.05) is 11.0 Å². The van der Waals surface area contributed by atoms with Gasteiger partial charge in [0.05, 0.1) is 52.0 Å². The van der Waals surface area contributed by atoms with Gasteiger partial charge in [-0.05, 0) is 37.0 Å². The Morgan fingerprint density at radius 3 is 2.79 bits per heavy atom. The summed E-state index contributed by atoms with van der Waals surface area (Å²) in [7, 11) is 1.62. The number of fused-ring (bicyclic) bond motifs is 1. The number of nitrogen functional groups attached to an aromatic ring is 1. The average molecular weight is 707 g/mol. The summed E-state index contributed by atoms with van der Waals surface area (Å²) in [5.41, 5.74) is 7.77. The van der Waals surface area contributed by atoms with Crippen molar-refractivity contribution in [3.05, 3.63) is 45.1 Å². The number of hydrogen-bond acceptors (Lipinski definition) is 11. The number of hydrogen-bond donors (Lipinski definition) is 1. The second-order valence-electron chi connectivity index (χ2n) is 12.0. The number of anilines is 2.